The van der Waals surface area contributed by atoms with Crippen LogP contribution < -0.4 is 10.1 Å². The summed E-state index contributed by atoms with van der Waals surface area (Å²) in [6.07, 6.45) is 0. The fraction of sp³-hybridized carbons (Fsp3) is 0.364. The van der Waals surface area contributed by atoms with Gasteiger partial charge in [0, 0.05) is 24.3 Å². The maximum atomic E-state index is 12.6. The van der Waals surface area contributed by atoms with Gasteiger partial charge < -0.3 is 19.7 Å². The molecule has 1 aliphatic heterocycles. The maximum absolute atomic E-state index is 12.6. The molecule has 2 amide bonds. The summed E-state index contributed by atoms with van der Waals surface area (Å²) >= 11 is 0. The third-order valence-corrected chi connectivity index (χ3v) is 4.92. The fourth-order valence-corrected chi connectivity index (χ4v) is 3.09. The number of nitrogens with one attached hydrogen (secondary N) is 1. The summed E-state index contributed by atoms with van der Waals surface area (Å²) in [5, 5.41) is 2.91. The van der Waals surface area contributed by atoms with E-state index in [1.165, 1.54) is 5.56 Å². The van der Waals surface area contributed by atoms with E-state index in [9.17, 15) is 9.59 Å². The molecule has 0 spiro atoms. The number of benzene rings is 2. The molecule has 1 fully saturated rings. The second-order valence-electron chi connectivity index (χ2n) is 7.01. The largest absolute Gasteiger partial charge is 0.484 e. The number of anilines is 1. The maximum Gasteiger partial charge on any atom is 0.260 e. The Kier molecular flexibility index (Phi) is 6.31. The highest BCUT2D eigenvalue weighted by Gasteiger charge is 2.17. The first-order valence-corrected chi connectivity index (χ1v) is 9.41. The molecule has 0 aliphatic carbocycles. The molecule has 0 saturated carbocycles. The summed E-state index contributed by atoms with van der Waals surface area (Å²) < 4.78 is 10.8. The zero-order valence-electron chi connectivity index (χ0n) is 16.6. The number of amides is 2. The van der Waals surface area contributed by atoms with Gasteiger partial charge in [-0.15, -0.1) is 0 Å². The first kappa shape index (κ1) is 19.9. The molecule has 3 rings (SSSR count). The molecule has 6 heteroatoms. The topological polar surface area (TPSA) is 67.9 Å². The van der Waals surface area contributed by atoms with E-state index < -0.39 is 0 Å². The van der Waals surface area contributed by atoms with Crippen LogP contribution in [-0.2, 0) is 9.53 Å². The Morgan fingerprint density at radius 3 is 2.32 bits per heavy atom. The zero-order valence-corrected chi connectivity index (χ0v) is 16.6. The molecule has 0 aromatic heterocycles. The minimum Gasteiger partial charge on any atom is -0.484 e. The molecular formula is C22H26N2O4. The number of morpholine rings is 1. The van der Waals surface area contributed by atoms with Gasteiger partial charge in [0.05, 0.1) is 13.2 Å². The number of carbonyl (C=O) groups is 2. The molecule has 1 aliphatic rings. The lowest BCUT2D eigenvalue weighted by atomic mass is 10.0. The number of hydrogen-bond donors (Lipinski definition) is 1. The van der Waals surface area contributed by atoms with Crippen molar-refractivity contribution >= 4 is 17.5 Å². The monoisotopic (exact) mass is 382 g/mol. The van der Waals surface area contributed by atoms with Gasteiger partial charge in [0.25, 0.3) is 11.8 Å². The number of aryl methyl sites for hydroxylation is 3. The van der Waals surface area contributed by atoms with Crippen LogP contribution in [0.3, 0.4) is 0 Å². The summed E-state index contributed by atoms with van der Waals surface area (Å²) in [5.41, 5.74) is 4.54. The third kappa shape index (κ3) is 4.89. The molecule has 0 radical (unpaired) electrons. The molecule has 28 heavy (non-hydrogen) atoms. The summed E-state index contributed by atoms with van der Waals surface area (Å²) in [4.78, 5) is 26.4. The van der Waals surface area contributed by atoms with E-state index >= 15 is 0 Å². The number of hydrogen-bond acceptors (Lipinski definition) is 4. The van der Waals surface area contributed by atoms with E-state index in [0.29, 0.717) is 43.3 Å². The average molecular weight is 382 g/mol. The van der Waals surface area contributed by atoms with Crippen LogP contribution in [0.25, 0.3) is 0 Å². The van der Waals surface area contributed by atoms with Crippen molar-refractivity contribution in [3.05, 3.63) is 58.7 Å². The van der Waals surface area contributed by atoms with E-state index in [4.69, 9.17) is 9.47 Å². The molecule has 2 aromatic carbocycles. The van der Waals surface area contributed by atoms with E-state index in [1.54, 1.807) is 29.2 Å². The van der Waals surface area contributed by atoms with Crippen molar-refractivity contribution < 1.29 is 19.1 Å². The van der Waals surface area contributed by atoms with Crippen LogP contribution in [0.2, 0.25) is 0 Å². The van der Waals surface area contributed by atoms with Gasteiger partial charge in [-0.25, -0.2) is 0 Å². The van der Waals surface area contributed by atoms with Gasteiger partial charge in [0.1, 0.15) is 5.75 Å². The van der Waals surface area contributed by atoms with E-state index in [2.05, 4.69) is 5.32 Å². The van der Waals surface area contributed by atoms with Crippen molar-refractivity contribution in [2.24, 2.45) is 0 Å². The van der Waals surface area contributed by atoms with Gasteiger partial charge >= 0.3 is 0 Å². The minimum atomic E-state index is -0.142. The van der Waals surface area contributed by atoms with Gasteiger partial charge in [0.2, 0.25) is 0 Å². The Morgan fingerprint density at radius 1 is 1.00 bits per heavy atom. The Morgan fingerprint density at radius 2 is 1.64 bits per heavy atom. The molecule has 148 valence electrons. The third-order valence-electron chi connectivity index (χ3n) is 4.92. The zero-order chi connectivity index (χ0) is 20.1. The lowest BCUT2D eigenvalue weighted by molar-refractivity contribution is -0.137. The molecule has 6 nitrogen and oxygen atoms in total. The Balaban J connectivity index is 1.56. The van der Waals surface area contributed by atoms with Crippen LogP contribution in [0.5, 0.6) is 5.75 Å². The lowest BCUT2D eigenvalue weighted by Crippen LogP contribution is -2.42. The Bertz CT molecular complexity index is 856. The number of carbonyl (C=O) groups excluding carboxylic acids is 2. The fourth-order valence-electron chi connectivity index (χ4n) is 3.09. The van der Waals surface area contributed by atoms with Crippen LogP contribution >= 0.6 is 0 Å². The summed E-state index contributed by atoms with van der Waals surface area (Å²) in [7, 11) is 0. The molecule has 0 bridgehead atoms. The number of nitrogens with zero attached hydrogens (tertiary/aromatic N) is 1. The highest BCUT2D eigenvalue weighted by atomic mass is 16.5. The highest BCUT2D eigenvalue weighted by Crippen LogP contribution is 2.19. The smallest absolute Gasteiger partial charge is 0.260 e. The average Bonchev–Trinajstić information content (AvgIpc) is 2.70. The normalized spacial score (nSPS) is 13.9. The summed E-state index contributed by atoms with van der Waals surface area (Å²) in [6.45, 7) is 8.30. The number of rotatable bonds is 5. The van der Waals surface area contributed by atoms with Gasteiger partial charge in [-0.2, -0.15) is 0 Å². The van der Waals surface area contributed by atoms with Crippen LogP contribution in [-0.4, -0.2) is 49.6 Å². The van der Waals surface area contributed by atoms with Gasteiger partial charge in [-0.3, -0.25) is 9.59 Å². The molecule has 0 unspecified atom stereocenters. The molecule has 2 aromatic rings. The molecule has 0 atom stereocenters. The standard InChI is InChI=1S/C22H26N2O4/c1-15-12-17(3)20(13-16(15)2)22(26)23-18-4-6-19(7-5-18)28-14-21(25)24-8-10-27-11-9-24/h4-7,12-13H,8-11,14H2,1-3H3,(H,23,26). The summed E-state index contributed by atoms with van der Waals surface area (Å²) in [5.74, 6) is 0.393. The van der Waals surface area contributed by atoms with Gasteiger partial charge in [0.15, 0.2) is 6.61 Å². The second kappa shape index (κ2) is 8.89. The van der Waals surface area contributed by atoms with Gasteiger partial charge in [-0.1, -0.05) is 6.07 Å². The first-order chi connectivity index (χ1) is 13.4. The van der Waals surface area contributed by atoms with Crippen molar-refractivity contribution in [1.82, 2.24) is 4.90 Å². The van der Waals surface area contributed by atoms with Crippen molar-refractivity contribution in [1.29, 1.82) is 0 Å². The van der Waals surface area contributed by atoms with E-state index in [-0.39, 0.29) is 18.4 Å². The van der Waals surface area contributed by atoms with Gasteiger partial charge in [-0.05, 0) is 67.8 Å². The van der Waals surface area contributed by atoms with E-state index in [1.807, 2.05) is 32.9 Å². The molecule has 1 N–H and O–H groups in total. The van der Waals surface area contributed by atoms with Crippen molar-refractivity contribution in [2.45, 2.75) is 20.8 Å². The van der Waals surface area contributed by atoms with Crippen molar-refractivity contribution in [2.75, 3.05) is 38.2 Å². The predicted molar refractivity (Wildman–Crippen MR) is 108 cm³/mol. The van der Waals surface area contributed by atoms with Crippen LogP contribution in [0.4, 0.5) is 5.69 Å². The van der Waals surface area contributed by atoms with Crippen LogP contribution in [0, 0.1) is 20.8 Å². The highest BCUT2D eigenvalue weighted by molar-refractivity contribution is 6.05. The quantitative estimate of drug-likeness (QED) is 0.863. The second-order valence-corrected chi connectivity index (χ2v) is 7.01. The molecule has 1 saturated heterocycles. The van der Waals surface area contributed by atoms with Crippen LogP contribution in [0.1, 0.15) is 27.0 Å². The number of ether oxygens (including phenoxy) is 2. The molecule has 1 heterocycles. The minimum absolute atomic E-state index is 0.00640. The molecular weight excluding hydrogens is 356 g/mol. The van der Waals surface area contributed by atoms with E-state index in [0.717, 1.165) is 11.1 Å². The Labute approximate surface area is 165 Å². The SMILES string of the molecule is Cc1cc(C)c(C(=O)Nc2ccc(OCC(=O)N3CCOCC3)cc2)cc1C. The van der Waals surface area contributed by atoms with Crippen molar-refractivity contribution in [3.8, 4) is 5.75 Å². The lowest BCUT2D eigenvalue weighted by Gasteiger charge is -2.26. The summed E-state index contributed by atoms with van der Waals surface area (Å²) in [6, 6.07) is 11.0. The Hall–Kier alpha value is -2.86. The predicted octanol–water partition coefficient (Wildman–Crippen LogP) is 3.10. The van der Waals surface area contributed by atoms with Crippen LogP contribution in [0.15, 0.2) is 36.4 Å². The van der Waals surface area contributed by atoms with Crippen molar-refractivity contribution in [3.63, 3.8) is 0 Å². The first-order valence-electron chi connectivity index (χ1n) is 9.41.